The summed E-state index contributed by atoms with van der Waals surface area (Å²) in [6, 6.07) is 14.7. The Labute approximate surface area is 262 Å². The molecule has 4 rings (SSSR count). The lowest BCUT2D eigenvalue weighted by atomic mass is 9.97. The number of aliphatic hydroxyl groups is 1. The summed E-state index contributed by atoms with van der Waals surface area (Å²) in [7, 11) is 0. The van der Waals surface area contributed by atoms with Crippen molar-refractivity contribution in [2.75, 3.05) is 11.2 Å². The van der Waals surface area contributed by atoms with E-state index in [1.807, 2.05) is 36.5 Å². The second-order valence-electron chi connectivity index (χ2n) is 11.2. The molecule has 1 aliphatic rings. The zero-order valence-corrected chi connectivity index (χ0v) is 25.6. The largest absolute Gasteiger partial charge is 0.418 e. The molecule has 1 saturated heterocycles. The molecule has 0 unspecified atom stereocenters. The summed E-state index contributed by atoms with van der Waals surface area (Å²) >= 11 is 1.34. The molecule has 8 nitrogen and oxygen atoms in total. The van der Waals surface area contributed by atoms with Crippen molar-refractivity contribution in [3.05, 3.63) is 101 Å². The Balaban J connectivity index is 1.56. The molecular formula is C32H34F4N4O4S. The predicted octanol–water partition coefficient (Wildman–Crippen LogP) is 5.24. The van der Waals surface area contributed by atoms with Crippen LogP contribution in [0.2, 0.25) is 0 Å². The number of hydrogen-bond donors (Lipinski definition) is 4. The Morgan fingerprint density at radius 3 is 2.36 bits per heavy atom. The van der Waals surface area contributed by atoms with E-state index in [0.29, 0.717) is 11.6 Å². The van der Waals surface area contributed by atoms with Gasteiger partial charge in [-0.15, -0.1) is 11.8 Å². The first-order valence-corrected chi connectivity index (χ1v) is 15.1. The van der Waals surface area contributed by atoms with E-state index in [4.69, 9.17) is 0 Å². The number of carbonyl (C=O) groups is 3. The number of aliphatic hydroxyl groups excluding tert-OH is 1. The van der Waals surface area contributed by atoms with E-state index in [2.05, 4.69) is 10.6 Å². The first kappa shape index (κ1) is 33.8. The van der Waals surface area contributed by atoms with Gasteiger partial charge in [0.2, 0.25) is 5.91 Å². The molecule has 3 aromatic rings. The lowest BCUT2D eigenvalue weighted by Crippen LogP contribution is -2.59. The number of urea groups is 1. The maximum Gasteiger partial charge on any atom is 0.418 e. The standard InChI is InChI=1S/C32H34F4N4O4S/c1-19-10-7-8-13-21(19)17-37-28(42)27-31(2,3)45-18-40(27)29(43)26(41)24(16-20-11-5-4-6-12-20)38-30(44)39-25-22(32(34,35)36)14-9-15-23(25)33/h4-15,24,26-27,41H,16-18H2,1-3H3,(H,37,42)(H2,38,39,44)/t24-,26-,27+/m0/s1. The van der Waals surface area contributed by atoms with E-state index in [0.717, 1.165) is 23.3 Å². The van der Waals surface area contributed by atoms with Crippen LogP contribution in [0.15, 0.2) is 72.8 Å². The predicted molar refractivity (Wildman–Crippen MR) is 164 cm³/mol. The molecule has 4 amide bonds. The summed E-state index contributed by atoms with van der Waals surface area (Å²) < 4.78 is 54.2. The average Bonchev–Trinajstić information content (AvgIpc) is 3.31. The van der Waals surface area contributed by atoms with Crippen LogP contribution in [0.4, 0.5) is 28.0 Å². The van der Waals surface area contributed by atoms with Crippen molar-refractivity contribution in [1.29, 1.82) is 0 Å². The van der Waals surface area contributed by atoms with Gasteiger partial charge in [-0.25, -0.2) is 9.18 Å². The van der Waals surface area contributed by atoms with Gasteiger partial charge in [0.1, 0.15) is 11.9 Å². The Morgan fingerprint density at radius 2 is 1.69 bits per heavy atom. The number of thioether (sulfide) groups is 1. The number of alkyl halides is 3. The van der Waals surface area contributed by atoms with E-state index in [-0.39, 0.29) is 18.8 Å². The zero-order valence-electron chi connectivity index (χ0n) is 24.8. The minimum atomic E-state index is -4.96. The molecule has 0 bridgehead atoms. The summed E-state index contributed by atoms with van der Waals surface area (Å²) in [5, 5.41) is 18.5. The van der Waals surface area contributed by atoms with E-state index in [1.165, 1.54) is 16.7 Å². The van der Waals surface area contributed by atoms with Gasteiger partial charge in [0.15, 0.2) is 6.10 Å². The average molecular weight is 647 g/mol. The molecule has 4 N–H and O–H groups in total. The molecule has 0 saturated carbocycles. The van der Waals surface area contributed by atoms with Crippen molar-refractivity contribution in [3.63, 3.8) is 0 Å². The van der Waals surface area contributed by atoms with Crippen molar-refractivity contribution in [1.82, 2.24) is 15.5 Å². The van der Waals surface area contributed by atoms with Gasteiger partial charge >= 0.3 is 12.2 Å². The summed E-state index contributed by atoms with van der Waals surface area (Å²) in [6.07, 6.45) is -6.96. The van der Waals surface area contributed by atoms with Gasteiger partial charge in [-0.1, -0.05) is 60.7 Å². The molecule has 0 aliphatic carbocycles. The number of rotatable bonds is 9. The maximum absolute atomic E-state index is 14.4. The van der Waals surface area contributed by atoms with Crippen LogP contribution in [-0.2, 0) is 28.7 Å². The van der Waals surface area contributed by atoms with Gasteiger partial charge in [0, 0.05) is 11.3 Å². The normalized spacial score (nSPS) is 17.3. The van der Waals surface area contributed by atoms with Gasteiger partial charge < -0.3 is 26.0 Å². The third kappa shape index (κ3) is 8.14. The van der Waals surface area contributed by atoms with Gasteiger partial charge in [-0.05, 0) is 56.0 Å². The van der Waals surface area contributed by atoms with Gasteiger partial charge in [0.25, 0.3) is 5.91 Å². The number of aryl methyl sites for hydroxylation is 1. The fraction of sp³-hybridized carbons (Fsp3) is 0.344. The fourth-order valence-corrected chi connectivity index (χ4v) is 6.30. The number of anilines is 1. The maximum atomic E-state index is 14.4. The number of para-hydroxylation sites is 1. The lowest BCUT2D eigenvalue weighted by Gasteiger charge is -2.33. The number of nitrogens with one attached hydrogen (secondary N) is 3. The number of amides is 4. The van der Waals surface area contributed by atoms with Crippen LogP contribution in [0.25, 0.3) is 0 Å². The first-order valence-electron chi connectivity index (χ1n) is 14.1. The quantitative estimate of drug-likeness (QED) is 0.238. The third-order valence-corrected chi connectivity index (χ3v) is 8.97. The lowest BCUT2D eigenvalue weighted by molar-refractivity contribution is -0.147. The number of benzene rings is 3. The van der Waals surface area contributed by atoms with E-state index < -0.39 is 64.0 Å². The topological polar surface area (TPSA) is 111 Å². The molecule has 3 aromatic carbocycles. The Bertz CT molecular complexity index is 1540. The van der Waals surface area contributed by atoms with E-state index in [1.54, 1.807) is 44.2 Å². The minimum absolute atomic E-state index is 0.0692. The Kier molecular flexibility index (Phi) is 10.4. The van der Waals surface area contributed by atoms with Crippen molar-refractivity contribution in [2.45, 2.75) is 62.8 Å². The van der Waals surface area contributed by atoms with Gasteiger partial charge in [0.05, 0.1) is 23.2 Å². The summed E-state index contributed by atoms with van der Waals surface area (Å²) in [4.78, 5) is 41.4. The number of carbonyl (C=O) groups excluding carboxylic acids is 3. The molecule has 1 aliphatic heterocycles. The molecule has 0 spiro atoms. The first-order chi connectivity index (χ1) is 21.2. The Hall–Kier alpha value is -4.10. The van der Waals surface area contributed by atoms with Crippen molar-refractivity contribution in [2.24, 2.45) is 0 Å². The highest BCUT2D eigenvalue weighted by Crippen LogP contribution is 2.40. The summed E-state index contributed by atoms with van der Waals surface area (Å²) in [5.74, 6) is -2.53. The smallest absolute Gasteiger partial charge is 0.381 e. The van der Waals surface area contributed by atoms with Crippen LogP contribution in [0.5, 0.6) is 0 Å². The molecule has 1 heterocycles. The number of nitrogens with zero attached hydrogens (tertiary/aromatic N) is 1. The minimum Gasteiger partial charge on any atom is -0.381 e. The van der Waals surface area contributed by atoms with Crippen LogP contribution in [-0.4, -0.2) is 56.7 Å². The molecule has 240 valence electrons. The third-order valence-electron chi connectivity index (χ3n) is 7.60. The Morgan fingerprint density at radius 1 is 1.02 bits per heavy atom. The molecule has 13 heteroatoms. The van der Waals surface area contributed by atoms with Gasteiger partial charge in [-0.3, -0.25) is 9.59 Å². The summed E-state index contributed by atoms with van der Waals surface area (Å²) in [5.41, 5.74) is -0.0178. The number of hydrogen-bond acceptors (Lipinski definition) is 5. The highest BCUT2D eigenvalue weighted by atomic mass is 32.2. The van der Waals surface area contributed by atoms with Gasteiger partial charge in [-0.2, -0.15) is 13.2 Å². The molecule has 45 heavy (non-hydrogen) atoms. The second kappa shape index (κ2) is 13.9. The molecule has 1 fully saturated rings. The molecular weight excluding hydrogens is 612 g/mol. The van der Waals surface area contributed by atoms with Crippen LogP contribution in [0.1, 0.15) is 36.1 Å². The molecule has 0 aromatic heterocycles. The highest BCUT2D eigenvalue weighted by Gasteiger charge is 2.49. The van der Waals surface area contributed by atoms with E-state index >= 15 is 0 Å². The van der Waals surface area contributed by atoms with Crippen molar-refractivity contribution < 1.29 is 37.1 Å². The SMILES string of the molecule is Cc1ccccc1CNC(=O)[C@H]1N(C(=O)[C@@H](O)[C@H](Cc2ccccc2)NC(=O)Nc2c(F)cccc2C(F)(F)F)CSC1(C)C. The summed E-state index contributed by atoms with van der Waals surface area (Å²) in [6.45, 7) is 5.74. The fourth-order valence-electron chi connectivity index (χ4n) is 5.16. The molecule has 3 atom stereocenters. The van der Waals surface area contributed by atoms with Crippen LogP contribution in [0, 0.1) is 12.7 Å². The molecule has 0 radical (unpaired) electrons. The second-order valence-corrected chi connectivity index (χ2v) is 12.8. The van der Waals surface area contributed by atoms with Crippen molar-refractivity contribution in [3.8, 4) is 0 Å². The van der Waals surface area contributed by atoms with Crippen LogP contribution >= 0.6 is 11.8 Å². The van der Waals surface area contributed by atoms with Crippen LogP contribution < -0.4 is 16.0 Å². The highest BCUT2D eigenvalue weighted by molar-refractivity contribution is 8.00. The van der Waals surface area contributed by atoms with Crippen molar-refractivity contribution >= 4 is 35.3 Å². The number of halogens is 4. The zero-order chi connectivity index (χ0) is 32.9. The van der Waals surface area contributed by atoms with Crippen LogP contribution in [0.3, 0.4) is 0 Å². The van der Waals surface area contributed by atoms with E-state index in [9.17, 15) is 37.1 Å². The monoisotopic (exact) mass is 646 g/mol.